The van der Waals surface area contributed by atoms with Gasteiger partial charge in [0, 0.05) is 6.04 Å². The van der Waals surface area contributed by atoms with Gasteiger partial charge in [0.05, 0.1) is 0 Å². The lowest BCUT2D eigenvalue weighted by Gasteiger charge is -2.28. The van der Waals surface area contributed by atoms with Crippen molar-refractivity contribution in [2.45, 2.75) is 51.1 Å². The van der Waals surface area contributed by atoms with Gasteiger partial charge in [-0.1, -0.05) is 13.8 Å². The fourth-order valence-corrected chi connectivity index (χ4v) is 2.45. The largest absolute Gasteiger partial charge is 0.480 e. The van der Waals surface area contributed by atoms with Crippen LogP contribution in [0.4, 0.5) is 0 Å². The van der Waals surface area contributed by atoms with Gasteiger partial charge in [-0.3, -0.25) is 4.79 Å². The average Bonchev–Trinajstić information content (AvgIpc) is 2.71. The quantitative estimate of drug-likeness (QED) is 0.720. The van der Waals surface area contributed by atoms with E-state index in [2.05, 4.69) is 31.1 Å². The predicted molar refractivity (Wildman–Crippen MR) is 64.6 cm³/mol. The van der Waals surface area contributed by atoms with E-state index >= 15 is 0 Å². The molecule has 2 N–H and O–H groups in total. The van der Waals surface area contributed by atoms with Crippen LogP contribution in [-0.4, -0.2) is 47.7 Å². The topological polar surface area (TPSA) is 52.6 Å². The molecule has 2 unspecified atom stereocenters. The van der Waals surface area contributed by atoms with Gasteiger partial charge in [0.1, 0.15) is 5.54 Å². The van der Waals surface area contributed by atoms with Gasteiger partial charge in [-0.05, 0) is 45.8 Å². The van der Waals surface area contributed by atoms with Crippen LogP contribution in [0.2, 0.25) is 0 Å². The Hall–Kier alpha value is -0.610. The summed E-state index contributed by atoms with van der Waals surface area (Å²) in [6, 6.07) is 0.408. The Labute approximate surface area is 98.0 Å². The van der Waals surface area contributed by atoms with Crippen molar-refractivity contribution >= 4 is 5.97 Å². The van der Waals surface area contributed by atoms with Crippen molar-refractivity contribution < 1.29 is 9.90 Å². The second-order valence-corrected chi connectivity index (χ2v) is 4.78. The molecule has 16 heavy (non-hydrogen) atoms. The summed E-state index contributed by atoms with van der Waals surface area (Å²) in [6.07, 6.45) is 3.43. The van der Waals surface area contributed by atoms with Gasteiger partial charge in [0.2, 0.25) is 0 Å². The van der Waals surface area contributed by atoms with Crippen molar-refractivity contribution in [1.82, 2.24) is 10.2 Å². The van der Waals surface area contributed by atoms with Gasteiger partial charge in [0.15, 0.2) is 0 Å². The fraction of sp³-hybridized carbons (Fsp3) is 0.917. The van der Waals surface area contributed by atoms with Crippen LogP contribution in [-0.2, 0) is 4.79 Å². The molecule has 0 heterocycles. The molecule has 94 valence electrons. The summed E-state index contributed by atoms with van der Waals surface area (Å²) < 4.78 is 0. The molecule has 0 bridgehead atoms. The highest BCUT2D eigenvalue weighted by atomic mass is 16.4. The first kappa shape index (κ1) is 13.5. The number of hydrogen-bond donors (Lipinski definition) is 2. The normalized spacial score (nSPS) is 29.9. The van der Waals surface area contributed by atoms with Crippen molar-refractivity contribution in [3.63, 3.8) is 0 Å². The van der Waals surface area contributed by atoms with E-state index in [1.54, 1.807) is 0 Å². The number of carboxylic acid groups (broad SMARTS) is 1. The molecule has 0 saturated heterocycles. The molecule has 1 saturated carbocycles. The molecule has 0 aromatic heterocycles. The van der Waals surface area contributed by atoms with Crippen LogP contribution in [0.15, 0.2) is 0 Å². The Bertz CT molecular complexity index is 245. The third kappa shape index (κ3) is 2.74. The minimum absolute atomic E-state index is 0.408. The Morgan fingerprint density at radius 2 is 2.25 bits per heavy atom. The minimum atomic E-state index is -0.687. The standard InChI is InChI=1S/C12H24N2O2/c1-4-8-13-12(11(15)16)7-6-10(9-12)14(3)5-2/h10,13H,4-9H2,1-3H3,(H,15,16). The molecule has 0 aromatic carbocycles. The maximum atomic E-state index is 11.4. The maximum Gasteiger partial charge on any atom is 0.323 e. The summed E-state index contributed by atoms with van der Waals surface area (Å²) in [7, 11) is 2.07. The number of nitrogens with zero attached hydrogens (tertiary/aromatic N) is 1. The highest BCUT2D eigenvalue weighted by Crippen LogP contribution is 2.32. The van der Waals surface area contributed by atoms with E-state index in [4.69, 9.17) is 0 Å². The molecule has 0 spiro atoms. The molecule has 0 aromatic rings. The average molecular weight is 228 g/mol. The van der Waals surface area contributed by atoms with Gasteiger partial charge in [-0.25, -0.2) is 0 Å². The predicted octanol–water partition coefficient (Wildman–Crippen LogP) is 1.31. The molecule has 1 aliphatic carbocycles. The third-order valence-electron chi connectivity index (χ3n) is 3.73. The summed E-state index contributed by atoms with van der Waals surface area (Å²) in [5.74, 6) is -0.687. The molecule has 1 rings (SSSR count). The van der Waals surface area contributed by atoms with Crippen molar-refractivity contribution in [3.8, 4) is 0 Å². The van der Waals surface area contributed by atoms with E-state index in [-0.39, 0.29) is 0 Å². The van der Waals surface area contributed by atoms with Gasteiger partial charge in [-0.2, -0.15) is 0 Å². The van der Waals surface area contributed by atoms with Crippen LogP contribution in [0.3, 0.4) is 0 Å². The molecule has 2 atom stereocenters. The molecule has 1 aliphatic rings. The second-order valence-electron chi connectivity index (χ2n) is 4.78. The summed E-state index contributed by atoms with van der Waals surface area (Å²) in [5.41, 5.74) is -0.676. The fourth-order valence-electron chi connectivity index (χ4n) is 2.45. The lowest BCUT2D eigenvalue weighted by atomic mass is 9.97. The van der Waals surface area contributed by atoms with E-state index in [0.717, 1.165) is 38.8 Å². The highest BCUT2D eigenvalue weighted by molar-refractivity contribution is 5.79. The number of rotatable bonds is 6. The highest BCUT2D eigenvalue weighted by Gasteiger charge is 2.45. The molecule has 0 radical (unpaired) electrons. The van der Waals surface area contributed by atoms with E-state index in [0.29, 0.717) is 6.04 Å². The summed E-state index contributed by atoms with van der Waals surface area (Å²) in [4.78, 5) is 13.7. The molecular weight excluding hydrogens is 204 g/mol. The zero-order valence-corrected chi connectivity index (χ0v) is 10.6. The maximum absolute atomic E-state index is 11.4. The van der Waals surface area contributed by atoms with Crippen LogP contribution in [0, 0.1) is 0 Å². The first-order chi connectivity index (χ1) is 7.55. The monoisotopic (exact) mass is 228 g/mol. The number of carboxylic acids is 1. The first-order valence-electron chi connectivity index (χ1n) is 6.24. The van der Waals surface area contributed by atoms with E-state index in [1.165, 1.54) is 0 Å². The van der Waals surface area contributed by atoms with Gasteiger partial charge in [-0.15, -0.1) is 0 Å². The zero-order valence-electron chi connectivity index (χ0n) is 10.6. The summed E-state index contributed by atoms with van der Waals surface area (Å²) in [6.45, 7) is 5.94. The van der Waals surface area contributed by atoms with Crippen molar-refractivity contribution in [3.05, 3.63) is 0 Å². The van der Waals surface area contributed by atoms with Gasteiger partial charge in [0.25, 0.3) is 0 Å². The molecule has 0 amide bonds. The Balaban J connectivity index is 2.64. The smallest absolute Gasteiger partial charge is 0.323 e. The van der Waals surface area contributed by atoms with E-state index in [1.807, 2.05) is 0 Å². The Kier molecular flexibility index (Phi) is 4.74. The van der Waals surface area contributed by atoms with Gasteiger partial charge >= 0.3 is 5.97 Å². The third-order valence-corrected chi connectivity index (χ3v) is 3.73. The SMILES string of the molecule is CCCNC1(C(=O)O)CCC(N(C)CC)C1. The zero-order chi connectivity index (χ0) is 12.2. The minimum Gasteiger partial charge on any atom is -0.480 e. The summed E-state index contributed by atoms with van der Waals surface area (Å²) >= 11 is 0. The molecule has 4 nitrogen and oxygen atoms in total. The Morgan fingerprint density at radius 3 is 2.75 bits per heavy atom. The van der Waals surface area contributed by atoms with Crippen LogP contribution in [0.25, 0.3) is 0 Å². The molecule has 0 aliphatic heterocycles. The van der Waals surface area contributed by atoms with Crippen molar-refractivity contribution in [1.29, 1.82) is 0 Å². The second kappa shape index (κ2) is 5.64. The van der Waals surface area contributed by atoms with Crippen molar-refractivity contribution in [2.75, 3.05) is 20.1 Å². The number of carbonyl (C=O) groups is 1. The number of nitrogens with one attached hydrogen (secondary N) is 1. The molecular formula is C12H24N2O2. The van der Waals surface area contributed by atoms with Crippen molar-refractivity contribution in [2.24, 2.45) is 0 Å². The Morgan fingerprint density at radius 1 is 1.56 bits per heavy atom. The molecule has 4 heteroatoms. The van der Waals surface area contributed by atoms with Crippen LogP contribution in [0.5, 0.6) is 0 Å². The van der Waals surface area contributed by atoms with E-state index in [9.17, 15) is 9.90 Å². The lowest BCUT2D eigenvalue weighted by Crippen LogP contribution is -2.51. The van der Waals surface area contributed by atoms with Crippen LogP contribution in [0.1, 0.15) is 39.5 Å². The van der Waals surface area contributed by atoms with Crippen LogP contribution >= 0.6 is 0 Å². The summed E-state index contributed by atoms with van der Waals surface area (Å²) in [5, 5.41) is 12.6. The number of hydrogen-bond acceptors (Lipinski definition) is 3. The number of aliphatic carboxylic acids is 1. The molecule has 1 fully saturated rings. The first-order valence-corrected chi connectivity index (χ1v) is 6.24. The van der Waals surface area contributed by atoms with Crippen LogP contribution < -0.4 is 5.32 Å². The lowest BCUT2D eigenvalue weighted by molar-refractivity contribution is -0.144. The van der Waals surface area contributed by atoms with Gasteiger partial charge < -0.3 is 15.3 Å². The van der Waals surface area contributed by atoms with E-state index < -0.39 is 11.5 Å².